The number of benzene rings is 1. The summed E-state index contributed by atoms with van der Waals surface area (Å²) in [5.41, 5.74) is 5.93. The van der Waals surface area contributed by atoms with Crippen molar-refractivity contribution in [3.63, 3.8) is 0 Å². The highest BCUT2D eigenvalue weighted by atomic mass is 16.2. The van der Waals surface area contributed by atoms with Crippen LogP contribution < -0.4 is 16.2 Å². The quantitative estimate of drug-likeness (QED) is 0.350. The summed E-state index contributed by atoms with van der Waals surface area (Å²) in [6.07, 6.45) is 2.34. The lowest BCUT2D eigenvalue weighted by Crippen LogP contribution is -2.29. The molecule has 0 fully saturated rings. The summed E-state index contributed by atoms with van der Waals surface area (Å²) in [4.78, 5) is 13.2. The third kappa shape index (κ3) is 4.75. The molecule has 0 saturated heterocycles. The van der Waals surface area contributed by atoms with Crippen LogP contribution in [0.25, 0.3) is 0 Å². The molecule has 0 aliphatic rings. The van der Waals surface area contributed by atoms with Gasteiger partial charge in [0.15, 0.2) is 0 Å². The van der Waals surface area contributed by atoms with E-state index in [4.69, 9.17) is 5.84 Å². The predicted molar refractivity (Wildman–Crippen MR) is 75.4 cm³/mol. The minimum Gasteiger partial charge on any atom is -0.375 e. The van der Waals surface area contributed by atoms with Gasteiger partial charge in [0.25, 0.3) is 0 Å². The van der Waals surface area contributed by atoms with Gasteiger partial charge in [-0.3, -0.25) is 10.2 Å². The van der Waals surface area contributed by atoms with Gasteiger partial charge >= 0.3 is 0 Å². The van der Waals surface area contributed by atoms with Crippen molar-refractivity contribution in [1.82, 2.24) is 5.43 Å². The minimum absolute atomic E-state index is 0.0935. The molecule has 0 unspecified atom stereocenters. The van der Waals surface area contributed by atoms with Gasteiger partial charge in [0, 0.05) is 25.7 Å². The zero-order valence-electron chi connectivity index (χ0n) is 11.5. The summed E-state index contributed by atoms with van der Waals surface area (Å²) in [5.74, 6) is 4.93. The van der Waals surface area contributed by atoms with E-state index in [0.29, 0.717) is 6.42 Å². The van der Waals surface area contributed by atoms with Crippen molar-refractivity contribution in [3.8, 4) is 0 Å². The molecule has 0 aliphatic heterocycles. The molecule has 3 N–H and O–H groups in total. The summed E-state index contributed by atoms with van der Waals surface area (Å²) >= 11 is 0. The van der Waals surface area contributed by atoms with Crippen LogP contribution in [0.5, 0.6) is 0 Å². The lowest BCUT2D eigenvalue weighted by molar-refractivity contribution is -0.121. The molecule has 1 rings (SSSR count). The fourth-order valence-corrected chi connectivity index (χ4v) is 2.01. The molecule has 1 amide bonds. The van der Waals surface area contributed by atoms with Crippen LogP contribution in [0.3, 0.4) is 0 Å². The molecular weight excluding hydrogens is 226 g/mol. The number of unbranched alkanes of at least 4 members (excludes halogenated alkanes) is 1. The topological polar surface area (TPSA) is 58.4 Å². The van der Waals surface area contributed by atoms with Crippen LogP contribution in [0.15, 0.2) is 18.2 Å². The number of hydrogen-bond acceptors (Lipinski definition) is 3. The van der Waals surface area contributed by atoms with E-state index in [9.17, 15) is 4.79 Å². The number of nitrogens with zero attached hydrogens (tertiary/aromatic N) is 1. The molecule has 4 nitrogen and oxygen atoms in total. The van der Waals surface area contributed by atoms with Crippen molar-refractivity contribution in [2.45, 2.75) is 33.1 Å². The van der Waals surface area contributed by atoms with Crippen LogP contribution >= 0.6 is 0 Å². The van der Waals surface area contributed by atoms with Gasteiger partial charge in [-0.15, -0.1) is 0 Å². The first-order valence-corrected chi connectivity index (χ1v) is 6.32. The zero-order valence-corrected chi connectivity index (χ0v) is 11.5. The Kier molecular flexibility index (Phi) is 5.65. The largest absolute Gasteiger partial charge is 0.375 e. The van der Waals surface area contributed by atoms with Crippen LogP contribution in [0.1, 0.15) is 30.4 Å². The second-order valence-corrected chi connectivity index (χ2v) is 4.79. The monoisotopic (exact) mass is 249 g/mol. The van der Waals surface area contributed by atoms with Gasteiger partial charge in [0.05, 0.1) is 0 Å². The summed E-state index contributed by atoms with van der Waals surface area (Å²) in [7, 11) is 2.08. The van der Waals surface area contributed by atoms with E-state index >= 15 is 0 Å². The first-order valence-electron chi connectivity index (χ1n) is 6.32. The number of aryl methyl sites for hydroxylation is 2. The second-order valence-electron chi connectivity index (χ2n) is 4.79. The molecular formula is C14H23N3O. The van der Waals surface area contributed by atoms with E-state index in [2.05, 4.69) is 49.4 Å². The van der Waals surface area contributed by atoms with Crippen molar-refractivity contribution in [3.05, 3.63) is 29.3 Å². The van der Waals surface area contributed by atoms with Crippen molar-refractivity contribution in [1.29, 1.82) is 0 Å². The van der Waals surface area contributed by atoms with E-state index in [1.54, 1.807) is 0 Å². The van der Waals surface area contributed by atoms with Gasteiger partial charge in [-0.2, -0.15) is 0 Å². The van der Waals surface area contributed by atoms with Crippen LogP contribution in [0.4, 0.5) is 5.69 Å². The van der Waals surface area contributed by atoms with Gasteiger partial charge in [0.1, 0.15) is 0 Å². The number of hydrogen-bond donors (Lipinski definition) is 2. The summed E-state index contributed by atoms with van der Waals surface area (Å²) in [6, 6.07) is 6.53. The summed E-state index contributed by atoms with van der Waals surface area (Å²) in [5, 5.41) is 0. The molecule has 1 aromatic rings. The van der Waals surface area contributed by atoms with Gasteiger partial charge in [-0.05, 0) is 49.9 Å². The molecule has 1 aromatic carbocycles. The molecule has 0 aliphatic carbocycles. The molecule has 0 saturated carbocycles. The average molecular weight is 249 g/mol. The van der Waals surface area contributed by atoms with E-state index in [0.717, 1.165) is 19.4 Å². The van der Waals surface area contributed by atoms with Crippen LogP contribution in [0.2, 0.25) is 0 Å². The smallest absolute Gasteiger partial charge is 0.233 e. The highest BCUT2D eigenvalue weighted by Gasteiger charge is 2.03. The number of amides is 1. The number of anilines is 1. The zero-order chi connectivity index (χ0) is 13.5. The van der Waals surface area contributed by atoms with Gasteiger partial charge < -0.3 is 4.90 Å². The SMILES string of the molecule is Cc1cc(C)cc(N(C)CCCCC(=O)NN)c1. The van der Waals surface area contributed by atoms with Gasteiger partial charge in [0.2, 0.25) is 5.91 Å². The molecule has 0 bridgehead atoms. The summed E-state index contributed by atoms with van der Waals surface area (Å²) in [6.45, 7) is 5.16. The predicted octanol–water partition coefficient (Wildman–Crippen LogP) is 1.90. The van der Waals surface area contributed by atoms with Crippen LogP contribution in [-0.4, -0.2) is 19.5 Å². The third-order valence-electron chi connectivity index (χ3n) is 2.96. The Hall–Kier alpha value is -1.55. The van der Waals surface area contributed by atoms with Crippen molar-refractivity contribution >= 4 is 11.6 Å². The molecule has 0 radical (unpaired) electrons. The highest BCUT2D eigenvalue weighted by Crippen LogP contribution is 2.17. The molecule has 0 heterocycles. The molecule has 0 atom stereocenters. The Bertz CT molecular complexity index is 384. The molecule has 0 aromatic heterocycles. The first kappa shape index (κ1) is 14.5. The number of carbonyl (C=O) groups is 1. The Morgan fingerprint density at radius 1 is 1.22 bits per heavy atom. The van der Waals surface area contributed by atoms with Gasteiger partial charge in [-0.1, -0.05) is 6.07 Å². The fourth-order valence-electron chi connectivity index (χ4n) is 2.01. The number of hydrazine groups is 1. The van der Waals surface area contributed by atoms with E-state index in [-0.39, 0.29) is 5.91 Å². The average Bonchev–Trinajstić information content (AvgIpc) is 2.32. The Morgan fingerprint density at radius 2 is 1.83 bits per heavy atom. The van der Waals surface area contributed by atoms with Crippen molar-refractivity contribution in [2.24, 2.45) is 5.84 Å². The number of nitrogens with two attached hydrogens (primary N) is 1. The third-order valence-corrected chi connectivity index (χ3v) is 2.96. The van der Waals surface area contributed by atoms with Crippen molar-refractivity contribution in [2.75, 3.05) is 18.5 Å². The minimum atomic E-state index is -0.0935. The first-order chi connectivity index (χ1) is 8.52. The lowest BCUT2D eigenvalue weighted by Gasteiger charge is -2.20. The highest BCUT2D eigenvalue weighted by molar-refractivity contribution is 5.75. The molecule has 0 spiro atoms. The standard InChI is InChI=1S/C14H23N3O/c1-11-8-12(2)10-13(9-11)17(3)7-5-4-6-14(18)16-15/h8-10H,4-7,15H2,1-3H3,(H,16,18). The fraction of sp³-hybridized carbons (Fsp3) is 0.500. The number of carbonyl (C=O) groups excluding carboxylic acids is 1. The maximum atomic E-state index is 11.0. The van der Waals surface area contributed by atoms with Gasteiger partial charge in [-0.25, -0.2) is 5.84 Å². The number of rotatable bonds is 6. The maximum absolute atomic E-state index is 11.0. The Morgan fingerprint density at radius 3 is 2.39 bits per heavy atom. The van der Waals surface area contributed by atoms with E-state index < -0.39 is 0 Å². The van der Waals surface area contributed by atoms with Crippen LogP contribution in [-0.2, 0) is 4.79 Å². The molecule has 18 heavy (non-hydrogen) atoms. The molecule has 4 heteroatoms. The second kappa shape index (κ2) is 7.01. The van der Waals surface area contributed by atoms with E-state index in [1.807, 2.05) is 0 Å². The Balaban J connectivity index is 2.40. The number of nitrogens with one attached hydrogen (secondary N) is 1. The Labute approximate surface area is 109 Å². The summed E-state index contributed by atoms with van der Waals surface area (Å²) < 4.78 is 0. The lowest BCUT2D eigenvalue weighted by atomic mass is 10.1. The molecule has 100 valence electrons. The maximum Gasteiger partial charge on any atom is 0.233 e. The normalized spacial score (nSPS) is 10.2. The van der Waals surface area contributed by atoms with Crippen molar-refractivity contribution < 1.29 is 4.79 Å². The van der Waals surface area contributed by atoms with Crippen LogP contribution in [0, 0.1) is 13.8 Å². The van der Waals surface area contributed by atoms with E-state index in [1.165, 1.54) is 16.8 Å².